The molecule has 5 nitrogen and oxygen atoms in total. The fourth-order valence-corrected chi connectivity index (χ4v) is 2.12. The third-order valence-electron chi connectivity index (χ3n) is 3.33. The molecule has 126 valence electrons. The number of amides is 1. The number of hydrazone groups is 1. The Bertz CT molecular complexity index is 681. The average molecular weight is 326 g/mol. The monoisotopic (exact) mass is 326 g/mol. The van der Waals surface area contributed by atoms with Gasteiger partial charge in [-0.3, -0.25) is 4.79 Å². The lowest BCUT2D eigenvalue weighted by atomic mass is 10.1. The summed E-state index contributed by atoms with van der Waals surface area (Å²) in [7, 11) is 1.60. The highest BCUT2D eigenvalue weighted by Gasteiger charge is 2.01. The summed E-state index contributed by atoms with van der Waals surface area (Å²) in [6, 6.07) is 15.2. The normalized spacial score (nSPS) is 10.6. The summed E-state index contributed by atoms with van der Waals surface area (Å²) >= 11 is 0. The number of carbonyl (C=O) groups excluding carboxylic acids is 1. The van der Waals surface area contributed by atoms with Crippen molar-refractivity contribution in [3.8, 4) is 11.5 Å². The molecule has 2 rings (SSSR count). The number of nitrogens with one attached hydrogen (secondary N) is 1. The van der Waals surface area contributed by atoms with Crippen molar-refractivity contribution >= 4 is 12.1 Å². The summed E-state index contributed by atoms with van der Waals surface area (Å²) in [6.45, 7) is 2.06. The van der Waals surface area contributed by atoms with Crippen molar-refractivity contribution in [2.24, 2.45) is 5.10 Å². The molecule has 0 aromatic heterocycles. The van der Waals surface area contributed by atoms with Crippen molar-refractivity contribution in [3.05, 3.63) is 59.7 Å². The van der Waals surface area contributed by atoms with E-state index in [1.165, 1.54) is 5.56 Å². The van der Waals surface area contributed by atoms with Crippen molar-refractivity contribution < 1.29 is 14.3 Å². The number of hydrogen-bond acceptors (Lipinski definition) is 4. The van der Waals surface area contributed by atoms with Gasteiger partial charge in [0.2, 0.25) is 0 Å². The van der Waals surface area contributed by atoms with Crippen LogP contribution in [-0.2, 0) is 11.2 Å². The molecule has 0 aliphatic rings. The molecule has 0 fully saturated rings. The van der Waals surface area contributed by atoms with Crippen LogP contribution in [0.3, 0.4) is 0 Å². The summed E-state index contributed by atoms with van der Waals surface area (Å²) in [5.74, 6) is 1.09. The molecule has 1 N–H and O–H groups in total. The largest absolute Gasteiger partial charge is 0.497 e. The Hall–Kier alpha value is -2.82. The predicted molar refractivity (Wildman–Crippen MR) is 94.7 cm³/mol. The van der Waals surface area contributed by atoms with Crippen LogP contribution < -0.4 is 14.9 Å². The smallest absolute Gasteiger partial charge is 0.277 e. The molecular weight excluding hydrogens is 304 g/mol. The zero-order chi connectivity index (χ0) is 17.2. The van der Waals surface area contributed by atoms with E-state index in [1.807, 2.05) is 48.5 Å². The molecule has 0 aliphatic heterocycles. The first-order valence-corrected chi connectivity index (χ1v) is 7.89. The predicted octanol–water partition coefficient (Wildman–Crippen LogP) is 3.18. The van der Waals surface area contributed by atoms with Gasteiger partial charge in [0.05, 0.1) is 13.3 Å². The summed E-state index contributed by atoms with van der Waals surface area (Å²) < 4.78 is 10.6. The van der Waals surface area contributed by atoms with E-state index in [2.05, 4.69) is 17.5 Å². The number of hydrogen-bond donors (Lipinski definition) is 1. The van der Waals surface area contributed by atoms with Crippen molar-refractivity contribution in [2.75, 3.05) is 13.7 Å². The van der Waals surface area contributed by atoms with Gasteiger partial charge in [-0.1, -0.05) is 37.6 Å². The van der Waals surface area contributed by atoms with E-state index in [0.717, 1.165) is 24.2 Å². The Morgan fingerprint density at radius 3 is 2.67 bits per heavy atom. The summed E-state index contributed by atoms with van der Waals surface area (Å²) in [5, 5.41) is 3.91. The molecule has 24 heavy (non-hydrogen) atoms. The number of aryl methyl sites for hydroxylation is 1. The van der Waals surface area contributed by atoms with Gasteiger partial charge in [0.15, 0.2) is 6.61 Å². The number of benzene rings is 2. The van der Waals surface area contributed by atoms with Gasteiger partial charge in [-0.2, -0.15) is 5.10 Å². The summed E-state index contributed by atoms with van der Waals surface area (Å²) in [6.07, 6.45) is 3.70. The van der Waals surface area contributed by atoms with Crippen LogP contribution in [0.4, 0.5) is 0 Å². The molecule has 0 heterocycles. The zero-order valence-electron chi connectivity index (χ0n) is 14.0. The Morgan fingerprint density at radius 2 is 1.96 bits per heavy atom. The molecule has 0 saturated heterocycles. The van der Waals surface area contributed by atoms with Crippen molar-refractivity contribution in [3.63, 3.8) is 0 Å². The topological polar surface area (TPSA) is 59.9 Å². The maximum atomic E-state index is 11.7. The van der Waals surface area contributed by atoms with E-state index in [1.54, 1.807) is 13.3 Å². The Labute approximate surface area is 142 Å². The third kappa shape index (κ3) is 5.76. The summed E-state index contributed by atoms with van der Waals surface area (Å²) in [4.78, 5) is 11.7. The Morgan fingerprint density at radius 1 is 1.17 bits per heavy atom. The minimum atomic E-state index is -0.313. The standard InChI is InChI=1S/C19H22N2O3/c1-3-5-15-8-10-17(11-9-15)24-14-19(22)21-20-13-16-6-4-7-18(12-16)23-2/h4,6-13H,3,5,14H2,1-2H3,(H,21,22). The first-order valence-electron chi connectivity index (χ1n) is 7.89. The lowest BCUT2D eigenvalue weighted by molar-refractivity contribution is -0.123. The Balaban J connectivity index is 1.77. The van der Waals surface area contributed by atoms with Crippen LogP contribution in [-0.4, -0.2) is 25.8 Å². The van der Waals surface area contributed by atoms with Crippen LogP contribution in [0, 0.1) is 0 Å². The first kappa shape index (κ1) is 17.5. The van der Waals surface area contributed by atoms with Crippen LogP contribution in [0.5, 0.6) is 11.5 Å². The lowest BCUT2D eigenvalue weighted by Gasteiger charge is -2.06. The van der Waals surface area contributed by atoms with Crippen LogP contribution >= 0.6 is 0 Å². The second-order valence-corrected chi connectivity index (χ2v) is 5.25. The molecule has 0 atom stereocenters. The van der Waals surface area contributed by atoms with Crippen molar-refractivity contribution in [2.45, 2.75) is 19.8 Å². The van der Waals surface area contributed by atoms with E-state index in [-0.39, 0.29) is 12.5 Å². The van der Waals surface area contributed by atoms with Crippen LogP contribution in [0.25, 0.3) is 0 Å². The minimum absolute atomic E-state index is 0.0808. The van der Waals surface area contributed by atoms with Crippen molar-refractivity contribution in [1.29, 1.82) is 0 Å². The number of rotatable bonds is 8. The van der Waals surface area contributed by atoms with E-state index >= 15 is 0 Å². The SMILES string of the molecule is CCCc1ccc(OCC(=O)NN=Cc2cccc(OC)c2)cc1. The van der Waals surface area contributed by atoms with Gasteiger partial charge in [0.1, 0.15) is 11.5 Å². The van der Waals surface area contributed by atoms with Crippen LogP contribution in [0.1, 0.15) is 24.5 Å². The molecule has 2 aromatic carbocycles. The molecule has 0 saturated carbocycles. The van der Waals surface area contributed by atoms with Gasteiger partial charge in [0, 0.05) is 0 Å². The molecule has 0 radical (unpaired) electrons. The summed E-state index contributed by atoms with van der Waals surface area (Å²) in [5.41, 5.74) is 4.53. The van der Waals surface area contributed by atoms with Gasteiger partial charge in [-0.25, -0.2) is 5.43 Å². The molecule has 2 aromatic rings. The minimum Gasteiger partial charge on any atom is -0.497 e. The highest BCUT2D eigenvalue weighted by Crippen LogP contribution is 2.13. The van der Waals surface area contributed by atoms with Gasteiger partial charge in [-0.15, -0.1) is 0 Å². The lowest BCUT2D eigenvalue weighted by Crippen LogP contribution is -2.24. The van der Waals surface area contributed by atoms with Gasteiger partial charge < -0.3 is 9.47 Å². The van der Waals surface area contributed by atoms with E-state index < -0.39 is 0 Å². The van der Waals surface area contributed by atoms with Gasteiger partial charge >= 0.3 is 0 Å². The molecule has 0 aliphatic carbocycles. The molecule has 5 heteroatoms. The molecule has 1 amide bonds. The zero-order valence-corrected chi connectivity index (χ0v) is 14.0. The fourth-order valence-electron chi connectivity index (χ4n) is 2.12. The van der Waals surface area contributed by atoms with Gasteiger partial charge in [-0.05, 0) is 41.8 Å². The van der Waals surface area contributed by atoms with E-state index in [9.17, 15) is 4.79 Å². The maximum absolute atomic E-state index is 11.7. The van der Waals surface area contributed by atoms with Gasteiger partial charge in [0.25, 0.3) is 5.91 Å². The average Bonchev–Trinajstić information content (AvgIpc) is 2.61. The van der Waals surface area contributed by atoms with E-state index in [4.69, 9.17) is 9.47 Å². The number of nitrogens with zero attached hydrogens (tertiary/aromatic N) is 1. The van der Waals surface area contributed by atoms with Crippen LogP contribution in [0.15, 0.2) is 53.6 Å². The number of ether oxygens (including phenoxy) is 2. The second kappa shape index (κ2) is 9.35. The van der Waals surface area contributed by atoms with Crippen LogP contribution in [0.2, 0.25) is 0 Å². The Kier molecular flexibility index (Phi) is 6.83. The third-order valence-corrected chi connectivity index (χ3v) is 3.33. The molecule has 0 unspecified atom stereocenters. The first-order chi connectivity index (χ1) is 11.7. The van der Waals surface area contributed by atoms with E-state index in [0.29, 0.717) is 5.75 Å². The highest BCUT2D eigenvalue weighted by molar-refractivity contribution is 5.83. The quantitative estimate of drug-likeness (QED) is 0.599. The number of carbonyl (C=O) groups is 1. The number of methoxy groups -OCH3 is 1. The van der Waals surface area contributed by atoms with Crippen molar-refractivity contribution in [1.82, 2.24) is 5.43 Å². The maximum Gasteiger partial charge on any atom is 0.277 e. The fraction of sp³-hybridized carbons (Fsp3) is 0.263. The second-order valence-electron chi connectivity index (χ2n) is 5.25. The molecular formula is C19H22N2O3. The highest BCUT2D eigenvalue weighted by atomic mass is 16.5. The molecule has 0 bridgehead atoms. The molecule has 0 spiro atoms.